The summed E-state index contributed by atoms with van der Waals surface area (Å²) in [5.41, 5.74) is 3.05. The number of nitrogens with zero attached hydrogens (tertiary/aromatic N) is 1. The van der Waals surface area contributed by atoms with E-state index in [9.17, 15) is 4.79 Å². The number of para-hydroxylation sites is 1. The summed E-state index contributed by atoms with van der Waals surface area (Å²) in [5.74, 6) is 0. The molecular formula is C15H20N2O. The van der Waals surface area contributed by atoms with E-state index in [2.05, 4.69) is 18.9 Å². The second-order valence-corrected chi connectivity index (χ2v) is 4.55. The Kier molecular flexibility index (Phi) is 4.03. The smallest absolute Gasteiger partial charge is 0.274 e. The van der Waals surface area contributed by atoms with Crippen molar-refractivity contribution in [3.63, 3.8) is 0 Å². The van der Waals surface area contributed by atoms with Gasteiger partial charge >= 0.3 is 0 Å². The van der Waals surface area contributed by atoms with Gasteiger partial charge in [-0.25, -0.2) is 4.68 Å². The van der Waals surface area contributed by atoms with Gasteiger partial charge in [-0.1, -0.05) is 44.9 Å². The van der Waals surface area contributed by atoms with Crippen molar-refractivity contribution in [1.82, 2.24) is 9.78 Å². The molecule has 0 spiro atoms. The summed E-state index contributed by atoms with van der Waals surface area (Å²) in [6.45, 7) is 4.24. The molecule has 0 atom stereocenters. The van der Waals surface area contributed by atoms with Gasteiger partial charge in [0.15, 0.2) is 0 Å². The van der Waals surface area contributed by atoms with Crippen molar-refractivity contribution >= 4 is 0 Å². The molecule has 0 fully saturated rings. The average Bonchev–Trinajstić information content (AvgIpc) is 2.70. The van der Waals surface area contributed by atoms with Crippen LogP contribution >= 0.6 is 0 Å². The van der Waals surface area contributed by atoms with Gasteiger partial charge in [0.05, 0.1) is 5.69 Å². The molecule has 96 valence electrons. The molecule has 0 aliphatic rings. The second kappa shape index (κ2) is 5.71. The summed E-state index contributed by atoms with van der Waals surface area (Å²) >= 11 is 0. The zero-order valence-corrected chi connectivity index (χ0v) is 11.1. The maximum absolute atomic E-state index is 12.4. The van der Waals surface area contributed by atoms with E-state index in [1.807, 2.05) is 30.3 Å². The third-order valence-corrected chi connectivity index (χ3v) is 3.09. The topological polar surface area (TPSA) is 37.8 Å². The van der Waals surface area contributed by atoms with E-state index in [-0.39, 0.29) is 5.56 Å². The molecule has 1 aromatic carbocycles. The zero-order chi connectivity index (χ0) is 13.0. The largest absolute Gasteiger partial charge is 0.295 e. The van der Waals surface area contributed by atoms with E-state index in [0.717, 1.165) is 42.6 Å². The van der Waals surface area contributed by atoms with Crippen molar-refractivity contribution in [2.75, 3.05) is 0 Å². The lowest BCUT2D eigenvalue weighted by atomic mass is 10.1. The van der Waals surface area contributed by atoms with Gasteiger partial charge in [-0.05, 0) is 25.0 Å². The number of hydrogen-bond acceptors (Lipinski definition) is 1. The van der Waals surface area contributed by atoms with Crippen LogP contribution in [0, 0.1) is 0 Å². The highest BCUT2D eigenvalue weighted by Gasteiger charge is 2.13. The standard InChI is InChI=1S/C15H20N2O/c1-3-8-13-14(9-4-2)16-17(15(13)18)12-10-6-5-7-11-12/h5-7,10-11,16H,3-4,8-9H2,1-2H3. The number of aromatic nitrogens is 2. The minimum absolute atomic E-state index is 0.103. The summed E-state index contributed by atoms with van der Waals surface area (Å²) in [4.78, 5) is 12.4. The van der Waals surface area contributed by atoms with E-state index in [1.54, 1.807) is 4.68 Å². The predicted octanol–water partition coefficient (Wildman–Crippen LogP) is 3.07. The first-order chi connectivity index (χ1) is 8.77. The second-order valence-electron chi connectivity index (χ2n) is 4.55. The molecule has 3 heteroatoms. The molecule has 0 unspecified atom stereocenters. The zero-order valence-electron chi connectivity index (χ0n) is 11.1. The van der Waals surface area contributed by atoms with Crippen LogP contribution in [0.5, 0.6) is 0 Å². The van der Waals surface area contributed by atoms with E-state index in [0.29, 0.717) is 0 Å². The lowest BCUT2D eigenvalue weighted by Crippen LogP contribution is -2.17. The van der Waals surface area contributed by atoms with Crippen molar-refractivity contribution in [3.05, 3.63) is 51.9 Å². The Morgan fingerprint density at radius 1 is 1.06 bits per heavy atom. The Morgan fingerprint density at radius 2 is 1.72 bits per heavy atom. The minimum atomic E-state index is 0.103. The van der Waals surface area contributed by atoms with Gasteiger partial charge in [0.25, 0.3) is 5.56 Å². The predicted molar refractivity (Wildman–Crippen MR) is 74.4 cm³/mol. The van der Waals surface area contributed by atoms with Crippen molar-refractivity contribution in [2.45, 2.75) is 39.5 Å². The molecule has 0 bridgehead atoms. The van der Waals surface area contributed by atoms with Crippen LogP contribution in [0.4, 0.5) is 0 Å². The number of benzene rings is 1. The van der Waals surface area contributed by atoms with Gasteiger partial charge in [0.2, 0.25) is 0 Å². The number of H-pyrrole nitrogens is 1. The normalized spacial score (nSPS) is 10.8. The van der Waals surface area contributed by atoms with Gasteiger partial charge in [0.1, 0.15) is 0 Å². The highest BCUT2D eigenvalue weighted by molar-refractivity contribution is 5.33. The summed E-state index contributed by atoms with van der Waals surface area (Å²) in [6.07, 6.45) is 3.83. The van der Waals surface area contributed by atoms with Crippen LogP contribution in [0.1, 0.15) is 37.9 Å². The van der Waals surface area contributed by atoms with Crippen LogP contribution in [-0.2, 0) is 12.8 Å². The van der Waals surface area contributed by atoms with Gasteiger partial charge in [-0.15, -0.1) is 0 Å². The van der Waals surface area contributed by atoms with E-state index < -0.39 is 0 Å². The van der Waals surface area contributed by atoms with E-state index in [4.69, 9.17) is 0 Å². The molecular weight excluding hydrogens is 224 g/mol. The lowest BCUT2D eigenvalue weighted by Gasteiger charge is -2.00. The van der Waals surface area contributed by atoms with Crippen LogP contribution in [0.25, 0.3) is 5.69 Å². The lowest BCUT2D eigenvalue weighted by molar-refractivity contribution is 0.791. The number of hydrogen-bond donors (Lipinski definition) is 1. The highest BCUT2D eigenvalue weighted by Crippen LogP contribution is 2.11. The Balaban J connectivity index is 2.50. The third kappa shape index (κ3) is 2.40. The molecule has 3 nitrogen and oxygen atoms in total. The van der Waals surface area contributed by atoms with Crippen molar-refractivity contribution in [3.8, 4) is 5.69 Å². The SMILES string of the molecule is CCCc1[nH]n(-c2ccccc2)c(=O)c1CCC. The van der Waals surface area contributed by atoms with Crippen LogP contribution < -0.4 is 5.56 Å². The summed E-state index contributed by atoms with van der Waals surface area (Å²) < 4.78 is 1.66. The van der Waals surface area contributed by atoms with Crippen LogP contribution in [0.2, 0.25) is 0 Å². The molecule has 0 radical (unpaired) electrons. The molecule has 1 heterocycles. The molecule has 18 heavy (non-hydrogen) atoms. The van der Waals surface area contributed by atoms with E-state index in [1.165, 1.54) is 0 Å². The minimum Gasteiger partial charge on any atom is -0.295 e. The molecule has 2 aromatic rings. The van der Waals surface area contributed by atoms with Crippen LogP contribution in [-0.4, -0.2) is 9.78 Å². The molecule has 0 amide bonds. The van der Waals surface area contributed by atoms with Gasteiger partial charge in [0, 0.05) is 11.3 Å². The molecule has 1 aromatic heterocycles. The fraction of sp³-hybridized carbons (Fsp3) is 0.400. The number of aryl methyl sites for hydroxylation is 1. The Hall–Kier alpha value is -1.77. The average molecular weight is 244 g/mol. The van der Waals surface area contributed by atoms with Crippen LogP contribution in [0.3, 0.4) is 0 Å². The third-order valence-electron chi connectivity index (χ3n) is 3.09. The fourth-order valence-electron chi connectivity index (χ4n) is 2.24. The molecule has 0 saturated carbocycles. The van der Waals surface area contributed by atoms with Crippen LogP contribution in [0.15, 0.2) is 35.1 Å². The molecule has 1 N–H and O–H groups in total. The number of rotatable bonds is 5. The first-order valence-electron chi connectivity index (χ1n) is 6.66. The number of aromatic amines is 1. The monoisotopic (exact) mass is 244 g/mol. The molecule has 2 rings (SSSR count). The molecule has 0 aliphatic heterocycles. The number of nitrogens with one attached hydrogen (secondary N) is 1. The maximum atomic E-state index is 12.4. The first-order valence-corrected chi connectivity index (χ1v) is 6.66. The van der Waals surface area contributed by atoms with Crippen molar-refractivity contribution < 1.29 is 0 Å². The Bertz CT molecular complexity index is 552. The molecule has 0 saturated heterocycles. The Morgan fingerprint density at radius 3 is 2.33 bits per heavy atom. The summed E-state index contributed by atoms with van der Waals surface area (Å²) in [6, 6.07) is 9.74. The van der Waals surface area contributed by atoms with Crippen molar-refractivity contribution in [2.24, 2.45) is 0 Å². The quantitative estimate of drug-likeness (QED) is 0.862. The Labute approximate surface area is 107 Å². The first kappa shape index (κ1) is 12.7. The maximum Gasteiger partial charge on any atom is 0.274 e. The van der Waals surface area contributed by atoms with Gasteiger partial charge in [-0.3, -0.25) is 9.89 Å². The van der Waals surface area contributed by atoms with Gasteiger partial charge < -0.3 is 0 Å². The molecule has 0 aliphatic carbocycles. The summed E-state index contributed by atoms with van der Waals surface area (Å²) in [5, 5.41) is 3.26. The summed E-state index contributed by atoms with van der Waals surface area (Å²) in [7, 11) is 0. The highest BCUT2D eigenvalue weighted by atomic mass is 16.1. The van der Waals surface area contributed by atoms with Gasteiger partial charge in [-0.2, -0.15) is 0 Å². The van der Waals surface area contributed by atoms with E-state index >= 15 is 0 Å². The fourth-order valence-corrected chi connectivity index (χ4v) is 2.24. The van der Waals surface area contributed by atoms with Crippen molar-refractivity contribution in [1.29, 1.82) is 0 Å².